The van der Waals surface area contributed by atoms with E-state index in [1.807, 2.05) is 0 Å². The highest BCUT2D eigenvalue weighted by Crippen LogP contribution is 2.43. The molecule has 1 aromatic carbocycles. The zero-order chi connectivity index (χ0) is 13.3. The van der Waals surface area contributed by atoms with Crippen molar-refractivity contribution in [3.63, 3.8) is 0 Å². The molecule has 98 valence electrons. The third-order valence-electron chi connectivity index (χ3n) is 2.56. The quantitative estimate of drug-likeness (QED) is 0.827. The number of hydrogen-bond acceptors (Lipinski definition) is 5. The zero-order valence-corrected chi connectivity index (χ0v) is 9.60. The Labute approximate surface area is 102 Å². The van der Waals surface area contributed by atoms with Crippen molar-refractivity contribution >= 4 is 5.97 Å². The number of aliphatic carboxylic acids is 1. The SMILES string of the molecule is COc1c(F)cc2c(c1C(N)C(=O)O)OCCO2. The third kappa shape index (κ3) is 1.92. The van der Waals surface area contributed by atoms with E-state index in [1.165, 1.54) is 7.11 Å². The molecular formula is C11H12FNO5. The number of fused-ring (bicyclic) bond motifs is 1. The van der Waals surface area contributed by atoms with E-state index in [1.54, 1.807) is 0 Å². The minimum atomic E-state index is -1.45. The molecular weight excluding hydrogens is 245 g/mol. The number of carbonyl (C=O) groups is 1. The Morgan fingerprint density at radius 2 is 2.22 bits per heavy atom. The van der Waals surface area contributed by atoms with Crippen LogP contribution in [-0.2, 0) is 4.79 Å². The molecule has 0 bridgehead atoms. The molecule has 0 spiro atoms. The van der Waals surface area contributed by atoms with Crippen LogP contribution < -0.4 is 19.9 Å². The molecule has 1 unspecified atom stereocenters. The van der Waals surface area contributed by atoms with E-state index in [0.717, 1.165) is 6.07 Å². The van der Waals surface area contributed by atoms with Gasteiger partial charge in [0.15, 0.2) is 23.1 Å². The fourth-order valence-corrected chi connectivity index (χ4v) is 1.78. The average Bonchev–Trinajstić information content (AvgIpc) is 2.36. The van der Waals surface area contributed by atoms with Crippen molar-refractivity contribution in [3.05, 3.63) is 17.4 Å². The lowest BCUT2D eigenvalue weighted by atomic mass is 10.0. The Morgan fingerprint density at radius 1 is 1.56 bits per heavy atom. The summed E-state index contributed by atoms with van der Waals surface area (Å²) in [6.07, 6.45) is 0. The molecule has 0 aliphatic carbocycles. The van der Waals surface area contributed by atoms with Gasteiger partial charge in [0, 0.05) is 6.07 Å². The van der Waals surface area contributed by atoms with E-state index >= 15 is 0 Å². The van der Waals surface area contributed by atoms with Crippen LogP contribution in [-0.4, -0.2) is 31.4 Å². The van der Waals surface area contributed by atoms with Crippen molar-refractivity contribution in [3.8, 4) is 17.2 Å². The van der Waals surface area contributed by atoms with E-state index in [2.05, 4.69) is 0 Å². The second-order valence-corrected chi connectivity index (χ2v) is 3.65. The molecule has 7 heteroatoms. The van der Waals surface area contributed by atoms with E-state index in [4.69, 9.17) is 25.1 Å². The lowest BCUT2D eigenvalue weighted by Gasteiger charge is -2.24. The number of nitrogens with two attached hydrogens (primary N) is 1. The van der Waals surface area contributed by atoms with Crippen molar-refractivity contribution in [1.82, 2.24) is 0 Å². The predicted molar refractivity (Wildman–Crippen MR) is 58.5 cm³/mol. The molecule has 0 fully saturated rings. The maximum absolute atomic E-state index is 13.8. The molecule has 3 N–H and O–H groups in total. The minimum Gasteiger partial charge on any atom is -0.493 e. The Bertz CT molecular complexity index is 491. The standard InChI is InChI=1S/C11H12FNO5/c1-16-9-5(12)4-6-10(18-3-2-17-6)7(9)8(13)11(14)15/h4,8H,2-3,13H2,1H3,(H,14,15). The molecule has 1 aliphatic heterocycles. The van der Waals surface area contributed by atoms with Gasteiger partial charge in [-0.3, -0.25) is 4.79 Å². The maximum atomic E-state index is 13.8. The summed E-state index contributed by atoms with van der Waals surface area (Å²) < 4.78 is 29.1. The number of rotatable bonds is 3. The van der Waals surface area contributed by atoms with Crippen LogP contribution in [0.25, 0.3) is 0 Å². The summed E-state index contributed by atoms with van der Waals surface area (Å²) in [5.74, 6) is -2.04. The number of hydrogen-bond donors (Lipinski definition) is 2. The van der Waals surface area contributed by atoms with E-state index in [0.29, 0.717) is 0 Å². The lowest BCUT2D eigenvalue weighted by molar-refractivity contribution is -0.138. The molecule has 1 aromatic rings. The summed E-state index contributed by atoms with van der Waals surface area (Å²) in [4.78, 5) is 11.0. The normalized spacial score (nSPS) is 15.1. The second kappa shape index (κ2) is 4.69. The van der Waals surface area contributed by atoms with Gasteiger partial charge in [0.05, 0.1) is 12.7 Å². The van der Waals surface area contributed by atoms with Gasteiger partial charge in [0.1, 0.15) is 19.3 Å². The van der Waals surface area contributed by atoms with Crippen LogP contribution in [0.5, 0.6) is 17.2 Å². The molecule has 0 amide bonds. The number of carboxylic acids is 1. The monoisotopic (exact) mass is 257 g/mol. The van der Waals surface area contributed by atoms with E-state index in [-0.39, 0.29) is 36.0 Å². The third-order valence-corrected chi connectivity index (χ3v) is 2.56. The average molecular weight is 257 g/mol. The van der Waals surface area contributed by atoms with Crippen molar-refractivity contribution < 1.29 is 28.5 Å². The number of methoxy groups -OCH3 is 1. The van der Waals surface area contributed by atoms with Gasteiger partial charge in [0.2, 0.25) is 0 Å². The maximum Gasteiger partial charge on any atom is 0.325 e. The van der Waals surface area contributed by atoms with Gasteiger partial charge < -0.3 is 25.1 Å². The van der Waals surface area contributed by atoms with Gasteiger partial charge in [-0.25, -0.2) is 4.39 Å². The Balaban J connectivity index is 2.65. The molecule has 6 nitrogen and oxygen atoms in total. The molecule has 0 saturated carbocycles. The fourth-order valence-electron chi connectivity index (χ4n) is 1.78. The topological polar surface area (TPSA) is 91.0 Å². The number of benzene rings is 1. The minimum absolute atomic E-state index is 0.0558. The molecule has 0 radical (unpaired) electrons. The van der Waals surface area contributed by atoms with Gasteiger partial charge >= 0.3 is 5.97 Å². The molecule has 1 atom stereocenters. The summed E-state index contributed by atoms with van der Waals surface area (Å²) in [6.45, 7) is 0.502. The van der Waals surface area contributed by atoms with Gasteiger partial charge in [-0.05, 0) is 0 Å². The van der Waals surface area contributed by atoms with Gasteiger partial charge in [0.25, 0.3) is 0 Å². The first-order valence-electron chi connectivity index (χ1n) is 5.20. The molecule has 2 rings (SSSR count). The number of carboxylic acid groups (broad SMARTS) is 1. The van der Waals surface area contributed by atoms with Crippen molar-refractivity contribution in [2.45, 2.75) is 6.04 Å². The lowest BCUT2D eigenvalue weighted by Crippen LogP contribution is -2.25. The largest absolute Gasteiger partial charge is 0.493 e. The van der Waals surface area contributed by atoms with Crippen LogP contribution in [0.2, 0.25) is 0 Å². The van der Waals surface area contributed by atoms with Crippen molar-refractivity contribution in [2.24, 2.45) is 5.73 Å². The van der Waals surface area contributed by atoms with Gasteiger partial charge in [-0.2, -0.15) is 0 Å². The van der Waals surface area contributed by atoms with E-state index < -0.39 is 17.8 Å². The molecule has 0 saturated heterocycles. The van der Waals surface area contributed by atoms with Crippen LogP contribution in [0.1, 0.15) is 11.6 Å². The summed E-state index contributed by atoms with van der Waals surface area (Å²) in [7, 11) is 1.23. The first kappa shape index (κ1) is 12.4. The Morgan fingerprint density at radius 3 is 2.83 bits per heavy atom. The van der Waals surface area contributed by atoms with Crippen LogP contribution in [0.4, 0.5) is 4.39 Å². The summed E-state index contributed by atoms with van der Waals surface area (Å²) in [5, 5.41) is 8.95. The molecule has 18 heavy (non-hydrogen) atoms. The van der Waals surface area contributed by atoms with Gasteiger partial charge in [-0.15, -0.1) is 0 Å². The summed E-state index contributed by atoms with van der Waals surface area (Å²) in [6, 6.07) is -0.364. The number of ether oxygens (including phenoxy) is 3. The van der Waals surface area contributed by atoms with Crippen LogP contribution in [0, 0.1) is 5.82 Å². The van der Waals surface area contributed by atoms with Crippen LogP contribution in [0.3, 0.4) is 0 Å². The molecule has 1 heterocycles. The second-order valence-electron chi connectivity index (χ2n) is 3.65. The van der Waals surface area contributed by atoms with Crippen molar-refractivity contribution in [1.29, 1.82) is 0 Å². The first-order valence-corrected chi connectivity index (χ1v) is 5.20. The smallest absolute Gasteiger partial charge is 0.325 e. The first-order chi connectivity index (χ1) is 8.56. The van der Waals surface area contributed by atoms with Gasteiger partial charge in [-0.1, -0.05) is 0 Å². The molecule has 0 aromatic heterocycles. The predicted octanol–water partition coefficient (Wildman–Crippen LogP) is 0.690. The van der Waals surface area contributed by atoms with Crippen molar-refractivity contribution in [2.75, 3.05) is 20.3 Å². The summed E-state index contributed by atoms with van der Waals surface area (Å²) in [5.41, 5.74) is 5.47. The molecule has 1 aliphatic rings. The highest BCUT2D eigenvalue weighted by atomic mass is 19.1. The highest BCUT2D eigenvalue weighted by Gasteiger charge is 2.31. The fraction of sp³-hybridized carbons (Fsp3) is 0.364. The Hall–Kier alpha value is -2.02. The van der Waals surface area contributed by atoms with Crippen LogP contribution in [0.15, 0.2) is 6.07 Å². The Kier molecular flexibility index (Phi) is 3.24. The number of halogens is 1. The zero-order valence-electron chi connectivity index (χ0n) is 9.60. The van der Waals surface area contributed by atoms with E-state index in [9.17, 15) is 9.18 Å². The van der Waals surface area contributed by atoms with Crippen LogP contribution >= 0.6 is 0 Å². The highest BCUT2D eigenvalue weighted by molar-refractivity contribution is 5.79. The summed E-state index contributed by atoms with van der Waals surface area (Å²) >= 11 is 0.